The molecule has 100 valence electrons. The molecule has 0 aliphatic heterocycles. The fourth-order valence-electron chi connectivity index (χ4n) is 1.56. The van der Waals surface area contributed by atoms with E-state index in [1.54, 1.807) is 24.3 Å². The number of hydrogen-bond acceptors (Lipinski definition) is 6. The van der Waals surface area contributed by atoms with Gasteiger partial charge in [0, 0.05) is 10.5 Å². The zero-order valence-electron chi connectivity index (χ0n) is 9.76. The third-order valence-corrected chi connectivity index (χ3v) is 2.92. The molecule has 0 saturated heterocycles. The van der Waals surface area contributed by atoms with Gasteiger partial charge in [0.1, 0.15) is 11.3 Å². The lowest BCUT2D eigenvalue weighted by Crippen LogP contribution is -2.02. The van der Waals surface area contributed by atoms with Crippen molar-refractivity contribution in [3.05, 3.63) is 40.4 Å². The summed E-state index contributed by atoms with van der Waals surface area (Å²) in [4.78, 5) is 11.2. The van der Waals surface area contributed by atoms with Gasteiger partial charge >= 0.3 is 5.97 Å². The number of ether oxygens (including phenoxy) is 1. The summed E-state index contributed by atoms with van der Waals surface area (Å²) in [5.41, 5.74) is 0.490. The van der Waals surface area contributed by atoms with Crippen molar-refractivity contribution in [2.45, 2.75) is 0 Å². The molecule has 0 amide bonds. The van der Waals surface area contributed by atoms with Crippen LogP contribution in [0, 0.1) is 0 Å². The molecule has 1 aromatic carbocycles. The van der Waals surface area contributed by atoms with E-state index >= 15 is 0 Å². The number of rotatable bonds is 3. The molecule has 0 fully saturated rings. The summed E-state index contributed by atoms with van der Waals surface area (Å²) < 4.78 is 7.31. The number of carboxylic acids is 1. The largest absolute Gasteiger partial charge is 0.478 e. The van der Waals surface area contributed by atoms with Crippen LogP contribution in [-0.2, 0) is 0 Å². The molecule has 3 aromatic rings. The van der Waals surface area contributed by atoms with Crippen LogP contribution < -0.4 is 4.74 Å². The van der Waals surface area contributed by atoms with E-state index < -0.39 is 5.97 Å². The van der Waals surface area contributed by atoms with Gasteiger partial charge in [-0.3, -0.25) is 0 Å². The molecule has 0 bridgehead atoms. The van der Waals surface area contributed by atoms with Gasteiger partial charge in [-0.25, -0.2) is 4.79 Å². The molecule has 8 nitrogen and oxygen atoms in total. The normalized spacial score (nSPS) is 10.7. The Morgan fingerprint density at radius 1 is 1.30 bits per heavy atom. The predicted octanol–water partition coefficient (Wildman–Crippen LogP) is 1.77. The van der Waals surface area contributed by atoms with Gasteiger partial charge in [0.2, 0.25) is 5.88 Å². The van der Waals surface area contributed by atoms with Crippen molar-refractivity contribution < 1.29 is 14.6 Å². The minimum atomic E-state index is -1.09. The monoisotopic (exact) mass is 335 g/mol. The van der Waals surface area contributed by atoms with Crippen molar-refractivity contribution in [1.29, 1.82) is 0 Å². The maximum absolute atomic E-state index is 11.2. The van der Waals surface area contributed by atoms with Crippen LogP contribution in [0.1, 0.15) is 10.4 Å². The highest BCUT2D eigenvalue weighted by atomic mass is 79.9. The summed E-state index contributed by atoms with van der Waals surface area (Å²) in [5.74, 6) is -0.722. The highest BCUT2D eigenvalue weighted by Gasteiger charge is 2.13. The molecule has 0 unspecified atom stereocenters. The first-order valence-electron chi connectivity index (χ1n) is 5.39. The number of tetrazole rings is 1. The minimum absolute atomic E-state index is 0.0259. The lowest BCUT2D eigenvalue weighted by atomic mass is 10.2. The number of nitrogens with zero attached hydrogens (tertiary/aromatic N) is 5. The number of aromatic carboxylic acids is 1. The second-order valence-corrected chi connectivity index (χ2v) is 4.66. The van der Waals surface area contributed by atoms with Crippen molar-refractivity contribution in [1.82, 2.24) is 25.3 Å². The average Bonchev–Trinajstić information content (AvgIpc) is 2.88. The maximum Gasteiger partial charge on any atom is 0.339 e. The number of aromatic nitrogens is 5. The molecule has 0 atom stereocenters. The lowest BCUT2D eigenvalue weighted by molar-refractivity contribution is 0.0694. The lowest BCUT2D eigenvalue weighted by Gasteiger charge is -2.07. The number of fused-ring (bicyclic) bond motifs is 1. The Kier molecular flexibility index (Phi) is 3.03. The quantitative estimate of drug-likeness (QED) is 0.777. The van der Waals surface area contributed by atoms with Crippen molar-refractivity contribution in [2.24, 2.45) is 0 Å². The zero-order chi connectivity index (χ0) is 14.1. The number of hydrogen-bond donors (Lipinski definition) is 1. The van der Waals surface area contributed by atoms with Crippen molar-refractivity contribution in [3.8, 4) is 11.6 Å². The summed E-state index contributed by atoms with van der Waals surface area (Å²) in [7, 11) is 0. The van der Waals surface area contributed by atoms with Crippen LogP contribution >= 0.6 is 15.9 Å². The Balaban J connectivity index is 1.99. The molecule has 0 aliphatic carbocycles. The summed E-state index contributed by atoms with van der Waals surface area (Å²) in [6.45, 7) is 0. The van der Waals surface area contributed by atoms with E-state index in [1.165, 1.54) is 10.7 Å². The van der Waals surface area contributed by atoms with Gasteiger partial charge in [-0.1, -0.05) is 15.9 Å². The van der Waals surface area contributed by atoms with E-state index in [4.69, 9.17) is 9.84 Å². The summed E-state index contributed by atoms with van der Waals surface area (Å²) >= 11 is 3.21. The SMILES string of the molecule is O=C(O)c1cc(Br)ccc1Oc1ccc2nnnn2n1. The molecule has 20 heavy (non-hydrogen) atoms. The van der Waals surface area contributed by atoms with Crippen LogP contribution in [0.2, 0.25) is 0 Å². The molecule has 0 spiro atoms. The first-order valence-corrected chi connectivity index (χ1v) is 6.19. The van der Waals surface area contributed by atoms with Crippen molar-refractivity contribution in [3.63, 3.8) is 0 Å². The smallest absolute Gasteiger partial charge is 0.339 e. The van der Waals surface area contributed by atoms with E-state index in [-0.39, 0.29) is 17.2 Å². The van der Waals surface area contributed by atoms with E-state index in [0.29, 0.717) is 10.1 Å². The van der Waals surface area contributed by atoms with Crippen LogP contribution in [0.5, 0.6) is 11.6 Å². The molecule has 0 radical (unpaired) electrons. The second kappa shape index (κ2) is 4.85. The predicted molar refractivity (Wildman–Crippen MR) is 69.8 cm³/mol. The average molecular weight is 336 g/mol. The second-order valence-electron chi connectivity index (χ2n) is 3.75. The van der Waals surface area contributed by atoms with Gasteiger partial charge in [-0.15, -0.1) is 14.8 Å². The highest BCUT2D eigenvalue weighted by Crippen LogP contribution is 2.27. The number of benzene rings is 1. The van der Waals surface area contributed by atoms with Gasteiger partial charge in [-0.2, -0.15) is 0 Å². The first kappa shape index (κ1) is 12.5. The number of carbonyl (C=O) groups is 1. The fourth-order valence-corrected chi connectivity index (χ4v) is 1.92. The van der Waals surface area contributed by atoms with Gasteiger partial charge in [0.25, 0.3) is 0 Å². The molecular formula is C11H6BrN5O3. The van der Waals surface area contributed by atoms with Gasteiger partial charge in [0.15, 0.2) is 5.65 Å². The van der Waals surface area contributed by atoms with E-state index in [2.05, 4.69) is 36.6 Å². The minimum Gasteiger partial charge on any atom is -0.478 e. The molecular weight excluding hydrogens is 330 g/mol. The molecule has 9 heteroatoms. The molecule has 0 saturated carbocycles. The Morgan fingerprint density at radius 3 is 2.95 bits per heavy atom. The summed E-state index contributed by atoms with van der Waals surface area (Å²) in [6.07, 6.45) is 0. The standard InChI is InChI=1S/C11H6BrN5O3/c12-6-1-2-8(7(5-6)11(18)19)20-10-4-3-9-13-15-16-17(9)14-10/h1-5H,(H,18,19). The van der Waals surface area contributed by atoms with Crippen molar-refractivity contribution in [2.75, 3.05) is 0 Å². The highest BCUT2D eigenvalue weighted by molar-refractivity contribution is 9.10. The van der Waals surface area contributed by atoms with Crippen LogP contribution in [0.15, 0.2) is 34.8 Å². The van der Waals surface area contributed by atoms with Crippen LogP contribution in [0.4, 0.5) is 0 Å². The molecule has 3 rings (SSSR count). The Labute approximate surface area is 120 Å². The summed E-state index contributed by atoms with van der Waals surface area (Å²) in [6, 6.07) is 7.84. The first-order chi connectivity index (χ1) is 9.63. The Bertz CT molecular complexity index is 804. The van der Waals surface area contributed by atoms with Crippen LogP contribution in [-0.4, -0.2) is 36.3 Å². The van der Waals surface area contributed by atoms with Crippen molar-refractivity contribution >= 4 is 27.5 Å². The molecule has 2 heterocycles. The van der Waals surface area contributed by atoms with E-state index in [9.17, 15) is 4.79 Å². The van der Waals surface area contributed by atoms with Crippen LogP contribution in [0.3, 0.4) is 0 Å². The Morgan fingerprint density at radius 2 is 2.15 bits per heavy atom. The van der Waals surface area contributed by atoms with Gasteiger partial charge < -0.3 is 9.84 Å². The van der Waals surface area contributed by atoms with E-state index in [1.807, 2.05) is 0 Å². The topological polar surface area (TPSA) is 102 Å². The molecule has 0 aliphatic rings. The van der Waals surface area contributed by atoms with Crippen LogP contribution in [0.25, 0.3) is 5.65 Å². The Hall–Kier alpha value is -2.55. The molecule has 2 aromatic heterocycles. The number of halogens is 1. The zero-order valence-corrected chi connectivity index (χ0v) is 11.4. The van der Waals surface area contributed by atoms with Gasteiger partial charge in [-0.05, 0) is 34.7 Å². The van der Waals surface area contributed by atoms with E-state index in [0.717, 1.165) is 0 Å². The van der Waals surface area contributed by atoms with Gasteiger partial charge in [0.05, 0.1) is 0 Å². The third kappa shape index (κ3) is 2.30. The molecule has 1 N–H and O–H groups in total. The summed E-state index contributed by atoms with van der Waals surface area (Å²) in [5, 5.41) is 23.9. The fraction of sp³-hybridized carbons (Fsp3) is 0. The number of carboxylic acid groups (broad SMARTS) is 1. The maximum atomic E-state index is 11.2. The third-order valence-electron chi connectivity index (χ3n) is 2.43.